The lowest BCUT2D eigenvalue weighted by molar-refractivity contribution is -0.196. The number of fused-ring (bicyclic) bond motifs is 1. The Balaban J connectivity index is 1.89. The van der Waals surface area contributed by atoms with Crippen molar-refractivity contribution in [3.05, 3.63) is 67.3 Å². The monoisotopic (exact) mass is 513 g/mol. The Morgan fingerprint density at radius 2 is 1.70 bits per heavy atom. The van der Waals surface area contributed by atoms with Crippen LogP contribution in [0.2, 0.25) is 0 Å². The zero-order valence-corrected chi connectivity index (χ0v) is 20.7. The van der Waals surface area contributed by atoms with Crippen molar-refractivity contribution in [3.63, 3.8) is 0 Å². The Morgan fingerprint density at radius 1 is 1.00 bits per heavy atom. The van der Waals surface area contributed by atoms with Crippen molar-refractivity contribution in [2.75, 3.05) is 25.7 Å². The molecular formula is C26H26F3N5O3. The summed E-state index contributed by atoms with van der Waals surface area (Å²) in [5, 5.41) is 13.5. The van der Waals surface area contributed by atoms with Gasteiger partial charge in [-0.3, -0.25) is 9.67 Å². The van der Waals surface area contributed by atoms with Crippen LogP contribution in [0.1, 0.15) is 6.92 Å². The maximum absolute atomic E-state index is 14.2. The van der Waals surface area contributed by atoms with Crippen LogP contribution < -0.4 is 14.4 Å². The SMILES string of the molecule is COc1cc(OC)cc(N(C[C@@](C)(/C=C/O)C(F)(F)F)c2ccc3ncc(-c4cnn(C)c4)nc3c2)c1. The highest BCUT2D eigenvalue weighted by molar-refractivity contribution is 5.82. The van der Waals surface area contributed by atoms with E-state index in [1.54, 1.807) is 66.7 Å². The first-order valence-corrected chi connectivity index (χ1v) is 11.2. The highest BCUT2D eigenvalue weighted by atomic mass is 19.4. The first-order valence-electron chi connectivity index (χ1n) is 11.2. The Hall–Kier alpha value is -4.28. The van der Waals surface area contributed by atoms with Gasteiger partial charge in [0.15, 0.2) is 0 Å². The average Bonchev–Trinajstić information content (AvgIpc) is 3.32. The van der Waals surface area contributed by atoms with E-state index < -0.39 is 18.1 Å². The summed E-state index contributed by atoms with van der Waals surface area (Å²) in [6, 6.07) is 9.90. The standard InChI is InChI=1S/C26H26F3N5O3/c1-25(7-8-35,26(27,28)29)16-34(19-9-20(36-3)12-21(10-19)37-4)18-5-6-22-23(11-18)32-24(14-30-22)17-13-31-33(2)15-17/h5-15,35H,16H2,1-4H3/b8-7+/t25-/m1/s1. The summed E-state index contributed by atoms with van der Waals surface area (Å²) in [5.41, 5.74) is 0.843. The molecule has 37 heavy (non-hydrogen) atoms. The number of benzene rings is 2. The summed E-state index contributed by atoms with van der Waals surface area (Å²) in [6.07, 6.45) is 1.58. The summed E-state index contributed by atoms with van der Waals surface area (Å²) in [7, 11) is 4.71. The van der Waals surface area contributed by atoms with Gasteiger partial charge in [0.2, 0.25) is 0 Å². The van der Waals surface area contributed by atoms with E-state index in [0.29, 0.717) is 45.9 Å². The summed E-state index contributed by atoms with van der Waals surface area (Å²) in [6.45, 7) is 0.469. The van der Waals surface area contributed by atoms with E-state index in [1.807, 2.05) is 0 Å². The molecule has 194 valence electrons. The van der Waals surface area contributed by atoms with Crippen molar-refractivity contribution in [2.24, 2.45) is 12.5 Å². The minimum absolute atomic E-state index is 0.397. The van der Waals surface area contributed by atoms with Gasteiger partial charge in [-0.15, -0.1) is 0 Å². The molecule has 0 unspecified atom stereocenters. The molecular weight excluding hydrogens is 487 g/mol. The van der Waals surface area contributed by atoms with E-state index >= 15 is 0 Å². The van der Waals surface area contributed by atoms with Gasteiger partial charge in [0.1, 0.15) is 16.9 Å². The van der Waals surface area contributed by atoms with Crippen molar-refractivity contribution in [2.45, 2.75) is 13.1 Å². The number of anilines is 2. The molecule has 0 spiro atoms. The molecule has 11 heteroatoms. The van der Waals surface area contributed by atoms with Gasteiger partial charge in [-0.1, -0.05) is 0 Å². The molecule has 1 N–H and O–H groups in total. The Morgan fingerprint density at radius 3 is 2.27 bits per heavy atom. The van der Waals surface area contributed by atoms with Crippen LogP contribution in [0, 0.1) is 5.41 Å². The van der Waals surface area contributed by atoms with Crippen LogP contribution in [0.3, 0.4) is 0 Å². The molecule has 0 bridgehead atoms. The van der Waals surface area contributed by atoms with Gasteiger partial charge in [-0.2, -0.15) is 18.3 Å². The number of hydrogen-bond donors (Lipinski definition) is 1. The summed E-state index contributed by atoms with van der Waals surface area (Å²) in [4.78, 5) is 10.6. The quantitative estimate of drug-likeness (QED) is 0.297. The molecule has 8 nitrogen and oxygen atoms in total. The number of aryl methyl sites for hydroxylation is 1. The number of alkyl halides is 3. The Labute approximate surface area is 211 Å². The van der Waals surface area contributed by atoms with Crippen molar-refractivity contribution in [1.29, 1.82) is 0 Å². The number of aromatic nitrogens is 4. The van der Waals surface area contributed by atoms with Crippen LogP contribution in [0.15, 0.2) is 67.3 Å². The van der Waals surface area contributed by atoms with E-state index in [9.17, 15) is 18.3 Å². The topological polar surface area (TPSA) is 85.5 Å². The van der Waals surface area contributed by atoms with Crippen molar-refractivity contribution < 1.29 is 27.8 Å². The molecule has 0 radical (unpaired) electrons. The van der Waals surface area contributed by atoms with E-state index in [-0.39, 0.29) is 0 Å². The number of rotatable bonds is 8. The lowest BCUT2D eigenvalue weighted by Gasteiger charge is -2.36. The third-order valence-corrected chi connectivity index (χ3v) is 6.06. The number of methoxy groups -OCH3 is 2. The van der Waals surface area contributed by atoms with E-state index in [4.69, 9.17) is 9.47 Å². The van der Waals surface area contributed by atoms with Gasteiger partial charge in [0, 0.05) is 54.9 Å². The van der Waals surface area contributed by atoms with E-state index in [0.717, 1.165) is 18.6 Å². The maximum atomic E-state index is 14.2. The molecule has 0 fully saturated rings. The molecule has 0 aliphatic carbocycles. The zero-order valence-electron chi connectivity index (χ0n) is 20.7. The Kier molecular flexibility index (Phi) is 6.97. The second-order valence-electron chi connectivity index (χ2n) is 8.72. The summed E-state index contributed by atoms with van der Waals surface area (Å²) >= 11 is 0. The van der Waals surface area contributed by atoms with Gasteiger partial charge in [0.25, 0.3) is 0 Å². The van der Waals surface area contributed by atoms with Gasteiger partial charge >= 0.3 is 6.18 Å². The van der Waals surface area contributed by atoms with Crippen LogP contribution >= 0.6 is 0 Å². The normalized spacial score (nSPS) is 13.6. The molecule has 0 saturated carbocycles. The van der Waals surface area contributed by atoms with Gasteiger partial charge in [-0.05, 0) is 31.2 Å². The van der Waals surface area contributed by atoms with Crippen molar-refractivity contribution >= 4 is 22.4 Å². The number of hydrogen-bond acceptors (Lipinski definition) is 7. The molecule has 2 aromatic heterocycles. The first-order chi connectivity index (χ1) is 17.6. The lowest BCUT2D eigenvalue weighted by Crippen LogP contribution is -2.43. The van der Waals surface area contributed by atoms with Gasteiger partial charge < -0.3 is 19.5 Å². The van der Waals surface area contributed by atoms with Crippen LogP contribution in [-0.4, -0.2) is 51.8 Å². The van der Waals surface area contributed by atoms with Crippen LogP contribution in [0.5, 0.6) is 11.5 Å². The fourth-order valence-corrected chi connectivity index (χ4v) is 3.87. The third kappa shape index (κ3) is 5.30. The molecule has 4 aromatic rings. The number of aliphatic hydroxyl groups excluding tert-OH is 1. The maximum Gasteiger partial charge on any atom is 0.399 e. The first kappa shape index (κ1) is 25.8. The highest BCUT2D eigenvalue weighted by Crippen LogP contribution is 2.44. The molecule has 0 amide bonds. The minimum atomic E-state index is -4.66. The minimum Gasteiger partial charge on any atom is -0.516 e. The molecule has 2 aromatic carbocycles. The number of halogens is 3. The highest BCUT2D eigenvalue weighted by Gasteiger charge is 2.50. The molecule has 0 aliphatic rings. The van der Waals surface area contributed by atoms with E-state index in [2.05, 4.69) is 15.1 Å². The molecule has 1 atom stereocenters. The number of aliphatic hydroxyl groups is 1. The lowest BCUT2D eigenvalue weighted by atomic mass is 9.88. The van der Waals surface area contributed by atoms with Crippen molar-refractivity contribution in [1.82, 2.24) is 19.7 Å². The van der Waals surface area contributed by atoms with Crippen LogP contribution in [0.4, 0.5) is 24.5 Å². The summed E-state index contributed by atoms with van der Waals surface area (Å²) in [5.74, 6) is 0.815. The van der Waals surface area contributed by atoms with E-state index in [1.165, 1.54) is 19.1 Å². The fourth-order valence-electron chi connectivity index (χ4n) is 3.87. The Bertz CT molecular complexity index is 1410. The number of ether oxygens (including phenoxy) is 2. The molecule has 2 heterocycles. The molecule has 0 saturated heterocycles. The second-order valence-corrected chi connectivity index (χ2v) is 8.72. The smallest absolute Gasteiger partial charge is 0.399 e. The molecule has 0 aliphatic heterocycles. The summed E-state index contributed by atoms with van der Waals surface area (Å²) < 4.78 is 54.9. The second kappa shape index (κ2) is 10.00. The number of nitrogens with zero attached hydrogens (tertiary/aromatic N) is 5. The zero-order chi connectivity index (χ0) is 26.8. The van der Waals surface area contributed by atoms with Crippen LogP contribution in [0.25, 0.3) is 22.3 Å². The van der Waals surface area contributed by atoms with Crippen LogP contribution in [-0.2, 0) is 7.05 Å². The van der Waals surface area contributed by atoms with Gasteiger partial charge in [0.05, 0.1) is 49.6 Å². The third-order valence-electron chi connectivity index (χ3n) is 6.06. The predicted molar refractivity (Wildman–Crippen MR) is 134 cm³/mol. The van der Waals surface area contributed by atoms with Gasteiger partial charge in [-0.25, -0.2) is 4.98 Å². The molecule has 4 rings (SSSR count). The average molecular weight is 514 g/mol. The largest absolute Gasteiger partial charge is 0.516 e. The predicted octanol–water partition coefficient (Wildman–Crippen LogP) is 5.83. The fraction of sp³-hybridized carbons (Fsp3) is 0.269. The van der Waals surface area contributed by atoms with Crippen molar-refractivity contribution in [3.8, 4) is 22.8 Å².